The van der Waals surface area contributed by atoms with Crippen LogP contribution in [0.15, 0.2) is 77.4 Å². The van der Waals surface area contributed by atoms with Gasteiger partial charge in [0.2, 0.25) is 5.82 Å². The van der Waals surface area contributed by atoms with Gasteiger partial charge in [0.1, 0.15) is 11.4 Å². The van der Waals surface area contributed by atoms with Crippen molar-refractivity contribution in [2.45, 2.75) is 0 Å². The van der Waals surface area contributed by atoms with E-state index in [-0.39, 0.29) is 17.3 Å². The first-order valence-electron chi connectivity index (χ1n) is 7.81. The fraction of sp³-hybridized carbons (Fsp3) is 0. The molecule has 7 nitrogen and oxygen atoms in total. The minimum atomic E-state index is -0.531. The summed E-state index contributed by atoms with van der Waals surface area (Å²) in [4.78, 5) is 14.9. The highest BCUT2D eigenvalue weighted by Crippen LogP contribution is 2.31. The quantitative estimate of drug-likeness (QED) is 0.403. The average Bonchev–Trinajstić information content (AvgIpc) is 3.20. The van der Waals surface area contributed by atoms with Crippen LogP contribution in [0.1, 0.15) is 0 Å². The summed E-state index contributed by atoms with van der Waals surface area (Å²) in [5.41, 5.74) is 2.84. The molecule has 0 fully saturated rings. The molecule has 2 heterocycles. The minimum absolute atomic E-state index is 0.156. The molecule has 0 saturated carbocycles. The Kier molecular flexibility index (Phi) is 3.95. The molecule has 0 aliphatic rings. The zero-order valence-electron chi connectivity index (χ0n) is 13.4. The Balaban J connectivity index is 1.88. The van der Waals surface area contributed by atoms with E-state index in [0.717, 1.165) is 17.4 Å². The fourth-order valence-corrected chi connectivity index (χ4v) is 2.56. The molecule has 4 rings (SSSR count). The van der Waals surface area contributed by atoms with Crippen molar-refractivity contribution in [2.24, 2.45) is 0 Å². The molecular weight excluding hydrogens is 332 g/mol. The van der Waals surface area contributed by atoms with E-state index in [1.807, 2.05) is 60.7 Å². The number of aromatic nitrogens is 3. The largest absolute Gasteiger partial charge is 0.453 e. The molecule has 0 saturated heterocycles. The third-order valence-electron chi connectivity index (χ3n) is 3.80. The minimum Gasteiger partial charge on any atom is -0.453 e. The van der Waals surface area contributed by atoms with Crippen molar-refractivity contribution in [3.05, 3.63) is 83.1 Å². The van der Waals surface area contributed by atoms with Crippen molar-refractivity contribution in [1.29, 1.82) is 0 Å². The van der Waals surface area contributed by atoms with Gasteiger partial charge in [-0.3, -0.25) is 10.1 Å². The smallest absolute Gasteiger partial charge is 0.308 e. The molecule has 2 aromatic heterocycles. The first-order chi connectivity index (χ1) is 12.7. The van der Waals surface area contributed by atoms with Crippen LogP contribution in [0.2, 0.25) is 0 Å². The molecule has 0 N–H and O–H groups in total. The van der Waals surface area contributed by atoms with E-state index >= 15 is 0 Å². The molecule has 0 aliphatic heterocycles. The fourth-order valence-electron chi connectivity index (χ4n) is 2.56. The van der Waals surface area contributed by atoms with Gasteiger partial charge in [-0.25, -0.2) is 4.98 Å². The summed E-state index contributed by atoms with van der Waals surface area (Å²) in [6.45, 7) is 0. The van der Waals surface area contributed by atoms with Gasteiger partial charge in [0.05, 0.1) is 11.0 Å². The molecule has 0 unspecified atom stereocenters. The summed E-state index contributed by atoms with van der Waals surface area (Å²) in [5.74, 6) is 0.387. The van der Waals surface area contributed by atoms with Crippen LogP contribution in [0.4, 0.5) is 5.69 Å². The maximum Gasteiger partial charge on any atom is 0.308 e. The standard InChI is InChI=1S/C19H12N4O3/c24-23(25)15-11-16(26-12-15)19-20-17(13-7-3-1-4-8-13)18(21-22-19)14-9-5-2-6-10-14/h1-12H. The van der Waals surface area contributed by atoms with Gasteiger partial charge >= 0.3 is 5.69 Å². The molecule has 0 radical (unpaired) electrons. The molecular formula is C19H12N4O3. The lowest BCUT2D eigenvalue weighted by Crippen LogP contribution is -1.99. The van der Waals surface area contributed by atoms with Crippen LogP contribution in [0.5, 0.6) is 0 Å². The summed E-state index contributed by atoms with van der Waals surface area (Å²) >= 11 is 0. The molecule has 4 aromatic rings. The van der Waals surface area contributed by atoms with E-state index in [2.05, 4.69) is 15.2 Å². The van der Waals surface area contributed by atoms with Gasteiger partial charge in [0.25, 0.3) is 0 Å². The maximum atomic E-state index is 10.9. The normalized spacial score (nSPS) is 10.6. The van der Waals surface area contributed by atoms with Crippen LogP contribution < -0.4 is 0 Å². The Bertz CT molecular complexity index is 1060. The molecule has 2 aromatic carbocycles. The van der Waals surface area contributed by atoms with Crippen molar-refractivity contribution in [3.8, 4) is 34.1 Å². The Morgan fingerprint density at radius 1 is 0.846 bits per heavy atom. The summed E-state index contributed by atoms with van der Waals surface area (Å²) < 4.78 is 5.24. The number of nitrogens with zero attached hydrogens (tertiary/aromatic N) is 4. The zero-order chi connectivity index (χ0) is 17.9. The van der Waals surface area contributed by atoms with Crippen molar-refractivity contribution < 1.29 is 9.34 Å². The maximum absolute atomic E-state index is 10.9. The van der Waals surface area contributed by atoms with Crippen LogP contribution >= 0.6 is 0 Å². The molecule has 0 spiro atoms. The van der Waals surface area contributed by atoms with E-state index in [1.165, 1.54) is 6.07 Å². The predicted octanol–water partition coefficient (Wildman–Crippen LogP) is 4.37. The van der Waals surface area contributed by atoms with E-state index in [4.69, 9.17) is 4.42 Å². The van der Waals surface area contributed by atoms with Crippen LogP contribution in [-0.2, 0) is 0 Å². The molecule has 0 bridgehead atoms. The topological polar surface area (TPSA) is 95.0 Å². The number of nitro groups is 1. The summed E-state index contributed by atoms with van der Waals surface area (Å²) in [6.07, 6.45) is 1.06. The lowest BCUT2D eigenvalue weighted by Gasteiger charge is -2.08. The highest BCUT2D eigenvalue weighted by atomic mass is 16.6. The van der Waals surface area contributed by atoms with Crippen LogP contribution in [0.3, 0.4) is 0 Å². The van der Waals surface area contributed by atoms with E-state index in [1.54, 1.807) is 0 Å². The van der Waals surface area contributed by atoms with E-state index in [9.17, 15) is 10.1 Å². The highest BCUT2D eigenvalue weighted by Gasteiger charge is 2.18. The second kappa shape index (κ2) is 6.56. The third-order valence-corrected chi connectivity index (χ3v) is 3.80. The molecule has 0 atom stereocenters. The van der Waals surface area contributed by atoms with Crippen molar-refractivity contribution in [2.75, 3.05) is 0 Å². The number of benzene rings is 2. The average molecular weight is 344 g/mol. The summed E-state index contributed by atoms with van der Waals surface area (Å²) in [5, 5.41) is 19.3. The van der Waals surface area contributed by atoms with E-state index < -0.39 is 4.92 Å². The second-order valence-electron chi connectivity index (χ2n) is 5.49. The van der Waals surface area contributed by atoms with Crippen LogP contribution in [-0.4, -0.2) is 20.1 Å². The number of rotatable bonds is 4. The zero-order valence-corrected chi connectivity index (χ0v) is 13.4. The van der Waals surface area contributed by atoms with Crippen molar-refractivity contribution >= 4 is 5.69 Å². The molecule has 126 valence electrons. The molecule has 7 heteroatoms. The first-order valence-corrected chi connectivity index (χ1v) is 7.81. The Morgan fingerprint density at radius 3 is 2.04 bits per heavy atom. The number of hydrogen-bond donors (Lipinski definition) is 0. The van der Waals surface area contributed by atoms with Crippen molar-refractivity contribution in [1.82, 2.24) is 15.2 Å². The summed E-state index contributed by atoms with van der Waals surface area (Å²) in [7, 11) is 0. The van der Waals surface area contributed by atoms with Gasteiger partial charge in [-0.15, -0.1) is 10.2 Å². The van der Waals surface area contributed by atoms with Crippen LogP contribution in [0, 0.1) is 10.1 Å². The number of furan rings is 1. The monoisotopic (exact) mass is 344 g/mol. The van der Waals surface area contributed by atoms with Crippen LogP contribution in [0.25, 0.3) is 34.1 Å². The Labute approximate surface area is 148 Å². The highest BCUT2D eigenvalue weighted by molar-refractivity contribution is 5.78. The molecule has 0 amide bonds. The van der Waals surface area contributed by atoms with Gasteiger partial charge in [-0.05, 0) is 0 Å². The second-order valence-corrected chi connectivity index (χ2v) is 5.49. The van der Waals surface area contributed by atoms with Gasteiger partial charge in [0.15, 0.2) is 12.0 Å². The van der Waals surface area contributed by atoms with Gasteiger partial charge in [0, 0.05) is 11.1 Å². The Hall–Kier alpha value is -3.87. The van der Waals surface area contributed by atoms with E-state index in [0.29, 0.717) is 11.4 Å². The lowest BCUT2D eigenvalue weighted by molar-refractivity contribution is -0.385. The lowest BCUT2D eigenvalue weighted by atomic mass is 10.0. The number of hydrogen-bond acceptors (Lipinski definition) is 6. The van der Waals surface area contributed by atoms with Gasteiger partial charge in [-0.2, -0.15) is 0 Å². The molecule has 0 aliphatic carbocycles. The van der Waals surface area contributed by atoms with Gasteiger partial charge < -0.3 is 4.42 Å². The van der Waals surface area contributed by atoms with Gasteiger partial charge in [-0.1, -0.05) is 60.7 Å². The Morgan fingerprint density at radius 2 is 1.46 bits per heavy atom. The third kappa shape index (κ3) is 2.93. The first kappa shape index (κ1) is 15.6. The van der Waals surface area contributed by atoms with Crippen molar-refractivity contribution in [3.63, 3.8) is 0 Å². The summed E-state index contributed by atoms with van der Waals surface area (Å²) in [6, 6.07) is 20.5. The SMILES string of the molecule is O=[N+]([O-])c1coc(-c2nnc(-c3ccccc3)c(-c3ccccc3)n2)c1. The molecule has 26 heavy (non-hydrogen) atoms. The predicted molar refractivity (Wildman–Crippen MR) is 95.1 cm³/mol.